The monoisotopic (exact) mass is 512 g/mol. The van der Waals surface area contributed by atoms with E-state index in [0.717, 1.165) is 30.3 Å². The van der Waals surface area contributed by atoms with E-state index in [1.807, 2.05) is 0 Å². The third-order valence-corrected chi connectivity index (χ3v) is 4.75. The molecule has 0 aliphatic rings. The van der Waals surface area contributed by atoms with Crippen LogP contribution >= 0.6 is 15.9 Å². The van der Waals surface area contributed by atoms with Gasteiger partial charge in [0.25, 0.3) is 5.69 Å². The van der Waals surface area contributed by atoms with Crippen molar-refractivity contribution < 1.29 is 27.6 Å². The minimum Gasteiger partial charge on any atom is -0.457 e. The fraction of sp³-hybridized carbons (Fsp3) is 0.200. The largest absolute Gasteiger partial charge is 0.457 e. The zero-order valence-corrected chi connectivity index (χ0v) is 18.1. The van der Waals surface area contributed by atoms with E-state index in [1.54, 1.807) is 13.1 Å². The van der Waals surface area contributed by atoms with Crippen LogP contribution in [-0.2, 0) is 11.0 Å². The second kappa shape index (κ2) is 9.39. The average molecular weight is 513 g/mol. The van der Waals surface area contributed by atoms with Crippen molar-refractivity contribution in [3.05, 3.63) is 75.0 Å². The van der Waals surface area contributed by atoms with E-state index < -0.39 is 34.3 Å². The predicted octanol–water partition coefficient (Wildman–Crippen LogP) is 5.95. The Bertz CT molecular complexity index is 1150. The van der Waals surface area contributed by atoms with Gasteiger partial charge in [-0.15, -0.1) is 0 Å². The van der Waals surface area contributed by atoms with Crippen molar-refractivity contribution in [3.8, 4) is 11.5 Å². The maximum Gasteiger partial charge on any atom is 0.416 e. The number of anilines is 1. The Morgan fingerprint density at radius 2 is 2.03 bits per heavy atom. The molecule has 3 aromatic rings. The number of nitrogens with zero attached hydrogens (tertiary/aromatic N) is 3. The summed E-state index contributed by atoms with van der Waals surface area (Å²) in [6.07, 6.45) is -1.05. The summed E-state index contributed by atoms with van der Waals surface area (Å²) >= 11 is 3.25. The van der Waals surface area contributed by atoms with Gasteiger partial charge in [0.05, 0.1) is 32.9 Å². The Kier molecular flexibility index (Phi) is 6.82. The lowest BCUT2D eigenvalue weighted by Gasteiger charge is -2.16. The standard InChI is InChI=1S/C20H16BrF3N4O4/c1-2-18(27-11-13(21)10-25-27)19(29)26-14-7-15(28(30)31)9-17(8-14)32-16-5-3-4-12(6-16)20(22,23)24/h3-11,18H,2H2,1H3,(H,26,29). The average Bonchev–Trinajstić information content (AvgIpc) is 3.13. The summed E-state index contributed by atoms with van der Waals surface area (Å²) < 4.78 is 46.3. The number of nitro groups is 1. The number of benzene rings is 2. The van der Waals surface area contributed by atoms with E-state index in [4.69, 9.17) is 4.74 Å². The van der Waals surface area contributed by atoms with Crippen LogP contribution in [0.2, 0.25) is 0 Å². The molecular formula is C20H16BrF3N4O4. The van der Waals surface area contributed by atoms with E-state index in [0.29, 0.717) is 10.9 Å². The van der Waals surface area contributed by atoms with E-state index in [2.05, 4.69) is 26.3 Å². The lowest BCUT2D eigenvalue weighted by atomic mass is 10.2. The van der Waals surface area contributed by atoms with Crippen molar-refractivity contribution in [3.63, 3.8) is 0 Å². The Labute approximate surface area is 188 Å². The van der Waals surface area contributed by atoms with Crippen LogP contribution in [0.5, 0.6) is 11.5 Å². The molecule has 0 aliphatic carbocycles. The van der Waals surface area contributed by atoms with Gasteiger partial charge in [0.2, 0.25) is 5.91 Å². The maximum atomic E-state index is 12.9. The van der Waals surface area contributed by atoms with E-state index in [-0.39, 0.29) is 17.2 Å². The highest BCUT2D eigenvalue weighted by atomic mass is 79.9. The van der Waals surface area contributed by atoms with Crippen LogP contribution in [0.3, 0.4) is 0 Å². The minimum absolute atomic E-state index is 0.0517. The van der Waals surface area contributed by atoms with Gasteiger partial charge in [0, 0.05) is 18.3 Å². The predicted molar refractivity (Wildman–Crippen MR) is 112 cm³/mol. The van der Waals surface area contributed by atoms with Gasteiger partial charge in [-0.25, -0.2) is 0 Å². The Morgan fingerprint density at radius 1 is 1.28 bits per heavy atom. The van der Waals surface area contributed by atoms with Crippen molar-refractivity contribution in [2.45, 2.75) is 25.6 Å². The molecule has 168 valence electrons. The Morgan fingerprint density at radius 3 is 2.62 bits per heavy atom. The molecule has 1 heterocycles. The number of hydrogen-bond donors (Lipinski definition) is 1. The molecule has 1 atom stereocenters. The van der Waals surface area contributed by atoms with Crippen LogP contribution in [-0.4, -0.2) is 20.6 Å². The first-order chi connectivity index (χ1) is 15.1. The summed E-state index contributed by atoms with van der Waals surface area (Å²) in [7, 11) is 0. The van der Waals surface area contributed by atoms with Crippen LogP contribution < -0.4 is 10.1 Å². The van der Waals surface area contributed by atoms with Gasteiger partial charge in [-0.2, -0.15) is 18.3 Å². The second-order valence-corrected chi connectivity index (χ2v) is 7.57. The van der Waals surface area contributed by atoms with Gasteiger partial charge in [0.1, 0.15) is 17.5 Å². The van der Waals surface area contributed by atoms with Crippen molar-refractivity contribution in [1.29, 1.82) is 0 Å². The van der Waals surface area contributed by atoms with Gasteiger partial charge in [-0.05, 0) is 40.5 Å². The molecule has 0 saturated carbocycles. The maximum absolute atomic E-state index is 12.9. The summed E-state index contributed by atoms with van der Waals surface area (Å²) in [5.74, 6) is -0.747. The number of aromatic nitrogens is 2. The number of nitrogens with one attached hydrogen (secondary N) is 1. The number of non-ortho nitro benzene ring substituents is 1. The molecule has 0 saturated heterocycles. The molecule has 1 amide bonds. The number of hydrogen-bond acceptors (Lipinski definition) is 5. The summed E-state index contributed by atoms with van der Waals surface area (Å²) in [6.45, 7) is 1.77. The fourth-order valence-electron chi connectivity index (χ4n) is 2.90. The third-order valence-electron chi connectivity index (χ3n) is 4.35. The number of alkyl halides is 3. The minimum atomic E-state index is -4.57. The number of ether oxygens (including phenoxy) is 1. The fourth-order valence-corrected chi connectivity index (χ4v) is 3.20. The summed E-state index contributed by atoms with van der Waals surface area (Å²) in [4.78, 5) is 23.4. The molecule has 1 N–H and O–H groups in total. The van der Waals surface area contributed by atoms with Gasteiger partial charge in [0.15, 0.2) is 0 Å². The van der Waals surface area contributed by atoms with Crippen molar-refractivity contribution >= 4 is 33.2 Å². The molecular weight excluding hydrogens is 497 g/mol. The molecule has 1 unspecified atom stereocenters. The molecule has 12 heteroatoms. The van der Waals surface area contributed by atoms with Gasteiger partial charge in [-0.1, -0.05) is 13.0 Å². The van der Waals surface area contributed by atoms with Crippen LogP contribution in [0.25, 0.3) is 0 Å². The molecule has 0 aliphatic heterocycles. The molecule has 8 nitrogen and oxygen atoms in total. The molecule has 0 fully saturated rings. The lowest BCUT2D eigenvalue weighted by Crippen LogP contribution is -2.26. The Balaban J connectivity index is 1.88. The van der Waals surface area contributed by atoms with Crippen LogP contribution in [0, 0.1) is 10.1 Å². The van der Waals surface area contributed by atoms with Crippen LogP contribution in [0.4, 0.5) is 24.5 Å². The third kappa shape index (κ3) is 5.63. The van der Waals surface area contributed by atoms with Crippen LogP contribution in [0.1, 0.15) is 24.9 Å². The number of rotatable bonds is 7. The normalized spacial score (nSPS) is 12.3. The highest BCUT2D eigenvalue weighted by Gasteiger charge is 2.30. The van der Waals surface area contributed by atoms with E-state index in [1.165, 1.54) is 23.0 Å². The molecule has 2 aromatic carbocycles. The van der Waals surface area contributed by atoms with Gasteiger partial charge < -0.3 is 10.1 Å². The first kappa shape index (κ1) is 23.3. The lowest BCUT2D eigenvalue weighted by molar-refractivity contribution is -0.384. The first-order valence-corrected chi connectivity index (χ1v) is 10.0. The second-order valence-electron chi connectivity index (χ2n) is 6.65. The van der Waals surface area contributed by atoms with Crippen molar-refractivity contribution in [2.75, 3.05) is 5.32 Å². The van der Waals surface area contributed by atoms with E-state index >= 15 is 0 Å². The van der Waals surface area contributed by atoms with E-state index in [9.17, 15) is 28.1 Å². The molecule has 0 bridgehead atoms. The SMILES string of the molecule is CCC(C(=O)Nc1cc(Oc2cccc(C(F)(F)F)c2)cc([N+](=O)[O-])c1)n1cc(Br)cn1. The number of halogens is 4. The first-order valence-electron chi connectivity index (χ1n) is 9.22. The van der Waals surface area contributed by atoms with Crippen molar-refractivity contribution in [1.82, 2.24) is 9.78 Å². The number of carbonyl (C=O) groups is 1. The summed E-state index contributed by atoms with van der Waals surface area (Å²) in [5, 5.41) is 18.0. The Hall–Kier alpha value is -3.41. The molecule has 3 rings (SSSR count). The molecule has 1 aromatic heterocycles. The van der Waals surface area contributed by atoms with Gasteiger partial charge in [-0.3, -0.25) is 19.6 Å². The number of carbonyl (C=O) groups excluding carboxylic acids is 1. The number of amides is 1. The number of nitro benzene ring substituents is 1. The quantitative estimate of drug-likeness (QED) is 0.311. The van der Waals surface area contributed by atoms with Crippen LogP contribution in [0.15, 0.2) is 59.3 Å². The highest BCUT2D eigenvalue weighted by molar-refractivity contribution is 9.10. The summed E-state index contributed by atoms with van der Waals surface area (Å²) in [6, 6.07) is 6.89. The zero-order chi connectivity index (χ0) is 23.5. The molecule has 32 heavy (non-hydrogen) atoms. The molecule has 0 spiro atoms. The smallest absolute Gasteiger partial charge is 0.416 e. The zero-order valence-electron chi connectivity index (χ0n) is 16.5. The topological polar surface area (TPSA) is 99.3 Å². The molecule has 0 radical (unpaired) electrons. The van der Waals surface area contributed by atoms with Gasteiger partial charge >= 0.3 is 6.18 Å². The summed E-state index contributed by atoms with van der Waals surface area (Å²) in [5.41, 5.74) is -1.28. The highest BCUT2D eigenvalue weighted by Crippen LogP contribution is 2.34. The van der Waals surface area contributed by atoms with Crippen molar-refractivity contribution in [2.24, 2.45) is 0 Å².